The SMILES string of the molecule is Cc1ccc(Oc2ccc(N=Cc3cc(C)n(-c4sc5c(c4C(=O)O)CCCC5)c3C)cc2)cc1. The number of benzene rings is 2. The minimum Gasteiger partial charge on any atom is -0.478 e. The fourth-order valence-electron chi connectivity index (χ4n) is 4.65. The van der Waals surface area contributed by atoms with Crippen LogP contribution in [0.3, 0.4) is 0 Å². The van der Waals surface area contributed by atoms with Crippen LogP contribution in [0.15, 0.2) is 59.6 Å². The molecule has 2 aromatic heterocycles. The van der Waals surface area contributed by atoms with Gasteiger partial charge in [0.25, 0.3) is 0 Å². The molecule has 0 amide bonds. The lowest BCUT2D eigenvalue weighted by Gasteiger charge is -2.11. The molecule has 0 unspecified atom stereocenters. The summed E-state index contributed by atoms with van der Waals surface area (Å²) in [6, 6.07) is 17.7. The third kappa shape index (κ3) is 4.66. The number of hydrogen-bond donors (Lipinski definition) is 1. The Morgan fingerprint density at radius 1 is 1.00 bits per heavy atom. The number of rotatable bonds is 6. The van der Waals surface area contributed by atoms with E-state index in [0.29, 0.717) is 5.56 Å². The maximum absolute atomic E-state index is 12.2. The highest BCUT2D eigenvalue weighted by molar-refractivity contribution is 7.15. The number of aryl methyl sites for hydroxylation is 3. The number of fused-ring (bicyclic) bond motifs is 1. The zero-order valence-corrected chi connectivity index (χ0v) is 21.0. The van der Waals surface area contributed by atoms with Gasteiger partial charge in [-0.25, -0.2) is 4.79 Å². The van der Waals surface area contributed by atoms with Crippen molar-refractivity contribution in [3.63, 3.8) is 0 Å². The second kappa shape index (κ2) is 9.55. The molecule has 2 heterocycles. The lowest BCUT2D eigenvalue weighted by molar-refractivity contribution is 0.0696. The van der Waals surface area contributed by atoms with Gasteiger partial charge in [-0.2, -0.15) is 0 Å². The van der Waals surface area contributed by atoms with E-state index in [-0.39, 0.29) is 0 Å². The van der Waals surface area contributed by atoms with Gasteiger partial charge in [-0.1, -0.05) is 17.7 Å². The summed E-state index contributed by atoms with van der Waals surface area (Å²) in [5.74, 6) is 0.721. The summed E-state index contributed by atoms with van der Waals surface area (Å²) in [7, 11) is 0. The van der Waals surface area contributed by atoms with Gasteiger partial charge in [0.1, 0.15) is 16.5 Å². The number of hydrogen-bond acceptors (Lipinski definition) is 4. The molecule has 0 bridgehead atoms. The zero-order chi connectivity index (χ0) is 24.5. The molecule has 6 heteroatoms. The second-order valence-corrected chi connectivity index (χ2v) is 10.1. The fraction of sp³-hybridized carbons (Fsp3) is 0.241. The molecular formula is C29H28N2O3S. The highest BCUT2D eigenvalue weighted by atomic mass is 32.1. The summed E-state index contributed by atoms with van der Waals surface area (Å²) >= 11 is 1.63. The molecule has 35 heavy (non-hydrogen) atoms. The van der Waals surface area contributed by atoms with Crippen molar-refractivity contribution in [1.29, 1.82) is 0 Å². The number of carbonyl (C=O) groups is 1. The molecule has 0 aliphatic heterocycles. The number of aromatic nitrogens is 1. The molecule has 2 aromatic carbocycles. The molecular weight excluding hydrogens is 456 g/mol. The lowest BCUT2D eigenvalue weighted by Crippen LogP contribution is -2.09. The molecule has 0 atom stereocenters. The van der Waals surface area contributed by atoms with E-state index in [0.717, 1.165) is 70.4 Å². The molecule has 5 rings (SSSR count). The molecule has 4 aromatic rings. The van der Waals surface area contributed by atoms with E-state index < -0.39 is 5.97 Å². The number of nitrogens with zero attached hydrogens (tertiary/aromatic N) is 2. The van der Waals surface area contributed by atoms with Crippen molar-refractivity contribution >= 4 is 29.2 Å². The van der Waals surface area contributed by atoms with Crippen LogP contribution < -0.4 is 4.74 Å². The first kappa shape index (κ1) is 23.1. The summed E-state index contributed by atoms with van der Waals surface area (Å²) < 4.78 is 7.98. The van der Waals surface area contributed by atoms with Crippen LogP contribution in [-0.2, 0) is 12.8 Å². The topological polar surface area (TPSA) is 63.8 Å². The Labute approximate surface area is 209 Å². The van der Waals surface area contributed by atoms with Crippen LogP contribution in [0.2, 0.25) is 0 Å². The average molecular weight is 485 g/mol. The molecule has 1 aliphatic rings. The molecule has 0 fully saturated rings. The third-order valence-corrected chi connectivity index (χ3v) is 7.76. The first-order valence-electron chi connectivity index (χ1n) is 11.9. The summed E-state index contributed by atoms with van der Waals surface area (Å²) in [6.45, 7) is 6.09. The van der Waals surface area contributed by atoms with Crippen LogP contribution in [0.1, 0.15) is 56.2 Å². The van der Waals surface area contributed by atoms with E-state index in [1.54, 1.807) is 11.3 Å². The second-order valence-electron chi connectivity index (χ2n) is 9.03. The van der Waals surface area contributed by atoms with Gasteiger partial charge in [-0.15, -0.1) is 11.3 Å². The number of aliphatic imine (C=N–C) groups is 1. The zero-order valence-electron chi connectivity index (χ0n) is 20.2. The van der Waals surface area contributed by atoms with Crippen LogP contribution in [0.5, 0.6) is 11.5 Å². The normalized spacial score (nSPS) is 13.2. The maximum Gasteiger partial charge on any atom is 0.339 e. The van der Waals surface area contributed by atoms with Gasteiger partial charge in [0.15, 0.2) is 0 Å². The van der Waals surface area contributed by atoms with Gasteiger partial charge in [0.05, 0.1) is 11.3 Å². The number of ether oxygens (including phenoxy) is 1. The average Bonchev–Trinajstić information content (AvgIpc) is 3.36. The van der Waals surface area contributed by atoms with Crippen molar-refractivity contribution in [3.05, 3.63) is 93.1 Å². The van der Waals surface area contributed by atoms with Gasteiger partial charge in [-0.05, 0) is 94.5 Å². The van der Waals surface area contributed by atoms with Crippen molar-refractivity contribution < 1.29 is 14.6 Å². The van der Waals surface area contributed by atoms with E-state index in [4.69, 9.17) is 4.74 Å². The van der Waals surface area contributed by atoms with Crippen LogP contribution in [0, 0.1) is 20.8 Å². The Hall–Kier alpha value is -3.64. The molecule has 0 saturated heterocycles. The van der Waals surface area contributed by atoms with Crippen molar-refractivity contribution in [3.8, 4) is 16.5 Å². The van der Waals surface area contributed by atoms with Gasteiger partial charge in [0, 0.05) is 28.0 Å². The highest BCUT2D eigenvalue weighted by Crippen LogP contribution is 2.38. The molecule has 5 nitrogen and oxygen atoms in total. The van der Waals surface area contributed by atoms with Crippen molar-refractivity contribution in [2.45, 2.75) is 46.5 Å². The summed E-state index contributed by atoms with van der Waals surface area (Å²) in [5, 5.41) is 10.8. The van der Waals surface area contributed by atoms with E-state index in [9.17, 15) is 9.90 Å². The Balaban J connectivity index is 1.39. The summed E-state index contributed by atoms with van der Waals surface area (Å²) in [5.41, 5.74) is 6.49. The molecule has 0 saturated carbocycles. The highest BCUT2D eigenvalue weighted by Gasteiger charge is 2.27. The molecule has 1 N–H and O–H groups in total. The minimum absolute atomic E-state index is 0.471. The Morgan fingerprint density at radius 2 is 1.66 bits per heavy atom. The molecule has 178 valence electrons. The quantitative estimate of drug-likeness (QED) is 0.287. The van der Waals surface area contributed by atoms with E-state index in [1.165, 1.54) is 10.4 Å². The Kier molecular flexibility index (Phi) is 6.31. The minimum atomic E-state index is -0.838. The maximum atomic E-state index is 12.2. The van der Waals surface area contributed by atoms with Gasteiger partial charge in [0.2, 0.25) is 0 Å². The van der Waals surface area contributed by atoms with Crippen molar-refractivity contribution in [2.75, 3.05) is 0 Å². The van der Waals surface area contributed by atoms with Gasteiger partial charge >= 0.3 is 5.97 Å². The van der Waals surface area contributed by atoms with Crippen LogP contribution >= 0.6 is 11.3 Å². The van der Waals surface area contributed by atoms with Crippen molar-refractivity contribution in [1.82, 2.24) is 4.57 Å². The molecule has 0 spiro atoms. The van der Waals surface area contributed by atoms with Crippen LogP contribution in [-0.4, -0.2) is 21.9 Å². The number of carboxylic acid groups (broad SMARTS) is 1. The van der Waals surface area contributed by atoms with E-state index in [2.05, 4.69) is 15.6 Å². The van der Waals surface area contributed by atoms with Gasteiger partial charge < -0.3 is 14.4 Å². The fourth-order valence-corrected chi connectivity index (χ4v) is 6.14. The standard InChI is InChI=1S/C29H28N2O3S/c1-18-8-12-23(13-9-18)34-24-14-10-22(11-15-24)30-17-21-16-19(2)31(20(21)3)28-27(29(32)33)25-6-4-5-7-26(25)35-28/h8-17H,4-7H2,1-3H3,(H,32,33). The lowest BCUT2D eigenvalue weighted by atomic mass is 9.95. The summed E-state index contributed by atoms with van der Waals surface area (Å²) in [6.07, 6.45) is 5.85. The summed E-state index contributed by atoms with van der Waals surface area (Å²) in [4.78, 5) is 18.1. The van der Waals surface area contributed by atoms with Crippen LogP contribution in [0.4, 0.5) is 5.69 Å². The molecule has 1 aliphatic carbocycles. The third-order valence-electron chi connectivity index (χ3n) is 6.49. The first-order chi connectivity index (χ1) is 16.9. The van der Waals surface area contributed by atoms with Crippen LogP contribution in [0.25, 0.3) is 5.00 Å². The monoisotopic (exact) mass is 484 g/mol. The predicted molar refractivity (Wildman–Crippen MR) is 142 cm³/mol. The smallest absolute Gasteiger partial charge is 0.339 e. The molecule has 0 radical (unpaired) electrons. The number of aromatic carboxylic acids is 1. The number of carboxylic acids is 1. The van der Waals surface area contributed by atoms with Gasteiger partial charge in [-0.3, -0.25) is 4.99 Å². The first-order valence-corrected chi connectivity index (χ1v) is 12.7. The predicted octanol–water partition coefficient (Wildman–Crippen LogP) is 7.58. The Bertz CT molecular complexity index is 1410. The van der Waals surface area contributed by atoms with E-state index >= 15 is 0 Å². The van der Waals surface area contributed by atoms with E-state index in [1.807, 2.05) is 75.5 Å². The largest absolute Gasteiger partial charge is 0.478 e. The van der Waals surface area contributed by atoms with Crippen molar-refractivity contribution in [2.24, 2.45) is 4.99 Å². The Morgan fingerprint density at radius 3 is 2.34 bits per heavy atom. The number of thiophene rings is 1.